The molecule has 0 spiro atoms. The van der Waals surface area contributed by atoms with Crippen LogP contribution in [0.15, 0.2) is 48.6 Å². The van der Waals surface area contributed by atoms with Crippen molar-refractivity contribution in [2.45, 2.75) is 297 Å². The summed E-state index contributed by atoms with van der Waals surface area (Å²) < 4.78 is 16.8. The molecule has 6 nitrogen and oxygen atoms in total. The van der Waals surface area contributed by atoms with Crippen LogP contribution in [0.25, 0.3) is 0 Å². The van der Waals surface area contributed by atoms with Gasteiger partial charge in [-0.2, -0.15) is 0 Å². The number of hydrogen-bond acceptors (Lipinski definition) is 6. The molecule has 0 aliphatic rings. The summed E-state index contributed by atoms with van der Waals surface area (Å²) in [5.74, 6) is -0.924. The highest BCUT2D eigenvalue weighted by molar-refractivity contribution is 5.71. The Kier molecular flexibility index (Phi) is 51.8. The minimum atomic E-state index is -0.789. The van der Waals surface area contributed by atoms with Crippen LogP contribution < -0.4 is 0 Å². The second-order valence-electron chi connectivity index (χ2n) is 18.8. The van der Waals surface area contributed by atoms with Gasteiger partial charge in [-0.05, 0) is 77.0 Å². The molecule has 0 heterocycles. The van der Waals surface area contributed by atoms with Crippen LogP contribution >= 0.6 is 0 Å². The molecule has 0 radical (unpaired) electrons. The van der Waals surface area contributed by atoms with Gasteiger partial charge in [-0.25, -0.2) is 0 Å². The van der Waals surface area contributed by atoms with E-state index in [1.807, 2.05) is 0 Å². The summed E-state index contributed by atoms with van der Waals surface area (Å²) in [5.41, 5.74) is 0. The first-order chi connectivity index (χ1) is 32.0. The SMILES string of the molecule is CCCC/C=C\CCCCCCCC(=O)OC[C@@H](COC(=O)CCCC/C=C\C/C=C\C/C=C\CCCCC)OC(=O)CCCCCCCCCCCCCCCCCCCCCCC. The van der Waals surface area contributed by atoms with Crippen LogP contribution in [0.4, 0.5) is 0 Å². The van der Waals surface area contributed by atoms with Gasteiger partial charge in [-0.15, -0.1) is 0 Å². The third-order valence-electron chi connectivity index (χ3n) is 12.3. The molecule has 0 aromatic rings. The molecule has 0 aromatic heterocycles. The third-order valence-corrected chi connectivity index (χ3v) is 12.3. The van der Waals surface area contributed by atoms with Crippen molar-refractivity contribution in [2.24, 2.45) is 0 Å². The summed E-state index contributed by atoms with van der Waals surface area (Å²) in [5, 5.41) is 0. The van der Waals surface area contributed by atoms with Crippen molar-refractivity contribution in [3.8, 4) is 0 Å². The van der Waals surface area contributed by atoms with Crippen LogP contribution in [-0.2, 0) is 28.6 Å². The van der Waals surface area contributed by atoms with E-state index in [9.17, 15) is 14.4 Å². The number of carbonyl (C=O) groups is 3. The highest BCUT2D eigenvalue weighted by atomic mass is 16.6. The number of esters is 3. The zero-order valence-corrected chi connectivity index (χ0v) is 43.3. The first-order valence-electron chi connectivity index (χ1n) is 28.1. The standard InChI is InChI=1S/C59H106O6/c1-4-7-10-13-16-19-22-24-26-27-28-29-30-31-33-35-38-41-44-47-50-53-59(62)65-56(54-63-57(60)51-48-45-42-39-36-21-18-15-12-9-6-3)55-64-58(61)52-49-46-43-40-37-34-32-25-23-20-17-14-11-8-5-2/h15,17-18,20,25,32,37,40,56H,4-14,16,19,21-24,26-31,33-36,38-39,41-55H2,1-3H3/b18-15-,20-17-,32-25-,40-37-/t56-/m0/s1. The van der Waals surface area contributed by atoms with E-state index in [0.717, 1.165) is 77.0 Å². The van der Waals surface area contributed by atoms with Crippen molar-refractivity contribution in [1.29, 1.82) is 0 Å². The van der Waals surface area contributed by atoms with Gasteiger partial charge in [0.05, 0.1) is 0 Å². The monoisotopic (exact) mass is 911 g/mol. The van der Waals surface area contributed by atoms with E-state index in [1.54, 1.807) is 0 Å². The van der Waals surface area contributed by atoms with Crippen LogP contribution in [-0.4, -0.2) is 37.2 Å². The number of rotatable bonds is 51. The van der Waals surface area contributed by atoms with Crippen LogP contribution in [0.2, 0.25) is 0 Å². The Labute approximate surface area is 403 Å². The lowest BCUT2D eigenvalue weighted by molar-refractivity contribution is -0.167. The Morgan fingerprint density at radius 2 is 0.569 bits per heavy atom. The van der Waals surface area contributed by atoms with Crippen molar-refractivity contribution in [2.75, 3.05) is 13.2 Å². The highest BCUT2D eigenvalue weighted by Crippen LogP contribution is 2.16. The Bertz CT molecular complexity index is 1140. The van der Waals surface area contributed by atoms with E-state index >= 15 is 0 Å². The molecule has 0 aliphatic carbocycles. The normalized spacial score (nSPS) is 12.4. The molecule has 1 atom stereocenters. The molecular weight excluding hydrogens is 805 g/mol. The van der Waals surface area contributed by atoms with Gasteiger partial charge in [0, 0.05) is 19.3 Å². The predicted molar refractivity (Wildman–Crippen MR) is 279 cm³/mol. The molecule has 378 valence electrons. The number of hydrogen-bond donors (Lipinski definition) is 0. The molecule has 0 bridgehead atoms. The quantitative estimate of drug-likeness (QED) is 0.0262. The maximum absolute atomic E-state index is 12.8. The van der Waals surface area contributed by atoms with Crippen LogP contribution in [0.1, 0.15) is 290 Å². The fraction of sp³-hybridized carbons (Fsp3) is 0.814. The molecule has 0 aliphatic heterocycles. The molecule has 0 aromatic carbocycles. The fourth-order valence-corrected chi connectivity index (χ4v) is 8.02. The Hall–Kier alpha value is -2.63. The van der Waals surface area contributed by atoms with Crippen molar-refractivity contribution >= 4 is 17.9 Å². The summed E-state index contributed by atoms with van der Waals surface area (Å²) in [6, 6.07) is 0. The van der Waals surface area contributed by atoms with Gasteiger partial charge in [-0.1, -0.05) is 243 Å². The Balaban J connectivity index is 4.33. The summed E-state index contributed by atoms with van der Waals surface area (Å²) >= 11 is 0. The van der Waals surface area contributed by atoms with E-state index < -0.39 is 6.10 Å². The van der Waals surface area contributed by atoms with Gasteiger partial charge >= 0.3 is 17.9 Å². The number of ether oxygens (including phenoxy) is 3. The van der Waals surface area contributed by atoms with Crippen LogP contribution in [0.5, 0.6) is 0 Å². The maximum atomic E-state index is 12.8. The topological polar surface area (TPSA) is 78.9 Å². The smallest absolute Gasteiger partial charge is 0.306 e. The number of allylic oxidation sites excluding steroid dienone is 8. The molecule has 6 heteroatoms. The maximum Gasteiger partial charge on any atom is 0.306 e. The Morgan fingerprint density at radius 3 is 0.985 bits per heavy atom. The minimum absolute atomic E-state index is 0.0873. The van der Waals surface area contributed by atoms with E-state index in [0.29, 0.717) is 19.3 Å². The fourth-order valence-electron chi connectivity index (χ4n) is 8.02. The first kappa shape index (κ1) is 62.4. The van der Waals surface area contributed by atoms with Gasteiger partial charge in [0.2, 0.25) is 0 Å². The second-order valence-corrected chi connectivity index (χ2v) is 18.8. The van der Waals surface area contributed by atoms with Crippen LogP contribution in [0.3, 0.4) is 0 Å². The van der Waals surface area contributed by atoms with Gasteiger partial charge in [-0.3, -0.25) is 14.4 Å². The third kappa shape index (κ3) is 52.2. The Morgan fingerprint density at radius 1 is 0.308 bits per heavy atom. The first-order valence-corrected chi connectivity index (χ1v) is 28.1. The van der Waals surface area contributed by atoms with E-state index in [4.69, 9.17) is 14.2 Å². The average Bonchev–Trinajstić information content (AvgIpc) is 3.30. The summed E-state index contributed by atoms with van der Waals surface area (Å²) in [6.07, 6.45) is 65.4. The second kappa shape index (κ2) is 54.0. The lowest BCUT2D eigenvalue weighted by Crippen LogP contribution is -2.30. The van der Waals surface area contributed by atoms with Gasteiger partial charge in [0.1, 0.15) is 13.2 Å². The largest absolute Gasteiger partial charge is 0.462 e. The lowest BCUT2D eigenvalue weighted by Gasteiger charge is -2.18. The number of carbonyl (C=O) groups excluding carboxylic acids is 3. The van der Waals surface area contributed by atoms with Crippen molar-refractivity contribution < 1.29 is 28.6 Å². The average molecular weight is 911 g/mol. The van der Waals surface area contributed by atoms with Gasteiger partial charge in [0.25, 0.3) is 0 Å². The molecular formula is C59H106O6. The van der Waals surface area contributed by atoms with Gasteiger partial charge < -0.3 is 14.2 Å². The molecule has 0 saturated carbocycles. The van der Waals surface area contributed by atoms with Crippen LogP contribution in [0, 0.1) is 0 Å². The van der Waals surface area contributed by atoms with Gasteiger partial charge in [0.15, 0.2) is 6.10 Å². The summed E-state index contributed by atoms with van der Waals surface area (Å²) in [4.78, 5) is 38.0. The van der Waals surface area contributed by atoms with E-state index in [1.165, 1.54) is 173 Å². The zero-order chi connectivity index (χ0) is 47.2. The molecule has 0 rings (SSSR count). The molecule has 0 amide bonds. The summed E-state index contributed by atoms with van der Waals surface area (Å²) in [6.45, 7) is 6.56. The van der Waals surface area contributed by atoms with Crippen molar-refractivity contribution in [3.05, 3.63) is 48.6 Å². The zero-order valence-electron chi connectivity index (χ0n) is 43.3. The lowest BCUT2D eigenvalue weighted by atomic mass is 10.0. The molecule has 0 unspecified atom stereocenters. The molecule has 0 saturated heterocycles. The predicted octanol–water partition coefficient (Wildman–Crippen LogP) is 18.7. The number of unbranched alkanes of at least 4 members (excludes halogenated alkanes) is 32. The molecule has 65 heavy (non-hydrogen) atoms. The van der Waals surface area contributed by atoms with E-state index in [-0.39, 0.29) is 31.1 Å². The van der Waals surface area contributed by atoms with E-state index in [2.05, 4.69) is 69.4 Å². The minimum Gasteiger partial charge on any atom is -0.462 e. The molecule has 0 N–H and O–H groups in total. The van der Waals surface area contributed by atoms with Crippen molar-refractivity contribution in [1.82, 2.24) is 0 Å². The molecule has 0 fully saturated rings. The summed E-state index contributed by atoms with van der Waals surface area (Å²) in [7, 11) is 0. The highest BCUT2D eigenvalue weighted by Gasteiger charge is 2.19. The van der Waals surface area contributed by atoms with Crippen molar-refractivity contribution in [3.63, 3.8) is 0 Å².